The van der Waals surface area contributed by atoms with Crippen LogP contribution in [-0.4, -0.2) is 10.9 Å². The molecule has 0 fully saturated rings. The SMILES string of the molecule is Cc1cnccc1CNC(=O)C(C#N)c1ccccc1. The van der Waals surface area contributed by atoms with Crippen molar-refractivity contribution in [2.45, 2.75) is 19.4 Å². The van der Waals surface area contributed by atoms with Crippen molar-refractivity contribution < 1.29 is 4.79 Å². The van der Waals surface area contributed by atoms with Crippen molar-refractivity contribution in [1.82, 2.24) is 10.3 Å². The van der Waals surface area contributed by atoms with Crippen LogP contribution in [-0.2, 0) is 11.3 Å². The first-order valence-electron chi connectivity index (χ1n) is 6.34. The van der Waals surface area contributed by atoms with Gasteiger partial charge >= 0.3 is 0 Å². The van der Waals surface area contributed by atoms with Crippen LogP contribution < -0.4 is 5.32 Å². The summed E-state index contributed by atoms with van der Waals surface area (Å²) in [5.74, 6) is -1.06. The molecule has 0 radical (unpaired) electrons. The molecule has 0 spiro atoms. The van der Waals surface area contributed by atoms with E-state index in [1.165, 1.54) is 0 Å². The molecule has 20 heavy (non-hydrogen) atoms. The largest absolute Gasteiger partial charge is 0.351 e. The van der Waals surface area contributed by atoms with Crippen LogP contribution in [0.3, 0.4) is 0 Å². The standard InChI is InChI=1S/C16H15N3O/c1-12-10-18-8-7-14(12)11-19-16(20)15(9-17)13-5-3-2-4-6-13/h2-8,10,15H,11H2,1H3,(H,19,20). The highest BCUT2D eigenvalue weighted by molar-refractivity contribution is 5.86. The topological polar surface area (TPSA) is 65.8 Å². The second kappa shape index (κ2) is 6.48. The van der Waals surface area contributed by atoms with Crippen molar-refractivity contribution in [3.63, 3.8) is 0 Å². The van der Waals surface area contributed by atoms with Gasteiger partial charge < -0.3 is 5.32 Å². The summed E-state index contributed by atoms with van der Waals surface area (Å²) in [5.41, 5.74) is 2.72. The van der Waals surface area contributed by atoms with E-state index in [2.05, 4.69) is 10.3 Å². The molecule has 4 heteroatoms. The third-order valence-electron chi connectivity index (χ3n) is 3.11. The van der Waals surface area contributed by atoms with E-state index in [0.717, 1.165) is 11.1 Å². The van der Waals surface area contributed by atoms with E-state index in [-0.39, 0.29) is 5.91 Å². The Bertz CT molecular complexity index is 632. The maximum atomic E-state index is 12.1. The molecule has 0 aliphatic heterocycles. The van der Waals surface area contributed by atoms with E-state index in [1.54, 1.807) is 24.5 Å². The molecule has 1 heterocycles. The molecule has 1 aromatic heterocycles. The number of carbonyl (C=O) groups is 1. The van der Waals surface area contributed by atoms with Gasteiger partial charge in [-0.2, -0.15) is 5.26 Å². The Labute approximate surface area is 118 Å². The predicted molar refractivity (Wildman–Crippen MR) is 75.6 cm³/mol. The molecular formula is C16H15N3O. The molecule has 4 nitrogen and oxygen atoms in total. The van der Waals surface area contributed by atoms with Gasteiger partial charge in [0.25, 0.3) is 0 Å². The van der Waals surface area contributed by atoms with Crippen LogP contribution in [0.15, 0.2) is 48.8 Å². The molecule has 1 N–H and O–H groups in total. The minimum atomic E-state index is -0.779. The fraction of sp³-hybridized carbons (Fsp3) is 0.188. The van der Waals surface area contributed by atoms with E-state index in [4.69, 9.17) is 0 Å². The lowest BCUT2D eigenvalue weighted by atomic mass is 10.00. The van der Waals surface area contributed by atoms with E-state index >= 15 is 0 Å². The van der Waals surface area contributed by atoms with Gasteiger partial charge in [0, 0.05) is 18.9 Å². The van der Waals surface area contributed by atoms with Crippen LogP contribution >= 0.6 is 0 Å². The van der Waals surface area contributed by atoms with Crippen molar-refractivity contribution in [3.05, 3.63) is 65.5 Å². The Morgan fingerprint density at radius 1 is 1.35 bits per heavy atom. The summed E-state index contributed by atoms with van der Waals surface area (Å²) in [6.07, 6.45) is 3.44. The molecule has 2 rings (SSSR count). The summed E-state index contributed by atoms with van der Waals surface area (Å²) in [4.78, 5) is 16.1. The van der Waals surface area contributed by atoms with Gasteiger partial charge in [-0.15, -0.1) is 0 Å². The Hall–Kier alpha value is -2.67. The first kappa shape index (κ1) is 13.8. The molecular weight excluding hydrogens is 250 g/mol. The normalized spacial score (nSPS) is 11.4. The van der Waals surface area contributed by atoms with Crippen LogP contribution in [0.25, 0.3) is 0 Å². The number of nitrogens with one attached hydrogen (secondary N) is 1. The summed E-state index contributed by atoms with van der Waals surface area (Å²) in [5, 5.41) is 12.0. The van der Waals surface area contributed by atoms with Crippen molar-refractivity contribution in [2.75, 3.05) is 0 Å². The fourth-order valence-corrected chi connectivity index (χ4v) is 1.91. The van der Waals surface area contributed by atoms with Crippen LogP contribution in [0, 0.1) is 18.3 Å². The maximum absolute atomic E-state index is 12.1. The second-order valence-corrected chi connectivity index (χ2v) is 4.49. The highest BCUT2D eigenvalue weighted by atomic mass is 16.1. The monoisotopic (exact) mass is 265 g/mol. The zero-order valence-electron chi connectivity index (χ0n) is 11.2. The molecule has 1 aromatic carbocycles. The minimum Gasteiger partial charge on any atom is -0.351 e. The summed E-state index contributed by atoms with van der Waals surface area (Å²) >= 11 is 0. The van der Waals surface area contributed by atoms with Crippen molar-refractivity contribution in [2.24, 2.45) is 0 Å². The number of benzene rings is 1. The summed E-state index contributed by atoms with van der Waals surface area (Å²) in [7, 11) is 0. The predicted octanol–water partition coefficient (Wildman–Crippen LogP) is 2.31. The summed E-state index contributed by atoms with van der Waals surface area (Å²) in [6.45, 7) is 2.34. The van der Waals surface area contributed by atoms with Gasteiger partial charge in [0.2, 0.25) is 5.91 Å². The van der Waals surface area contributed by atoms with Gasteiger partial charge in [0.1, 0.15) is 5.92 Å². The Kier molecular flexibility index (Phi) is 4.46. The molecule has 100 valence electrons. The number of carbonyl (C=O) groups excluding carboxylic acids is 1. The highest BCUT2D eigenvalue weighted by Crippen LogP contribution is 2.15. The van der Waals surface area contributed by atoms with Crippen LogP contribution in [0.5, 0.6) is 0 Å². The lowest BCUT2D eigenvalue weighted by Crippen LogP contribution is -2.28. The number of nitrogens with zero attached hydrogens (tertiary/aromatic N) is 2. The molecule has 0 aliphatic rings. The molecule has 0 aliphatic carbocycles. The van der Waals surface area contributed by atoms with E-state index < -0.39 is 5.92 Å². The molecule has 1 atom stereocenters. The lowest BCUT2D eigenvalue weighted by molar-refractivity contribution is -0.121. The van der Waals surface area contributed by atoms with Gasteiger partial charge in [-0.1, -0.05) is 30.3 Å². The quantitative estimate of drug-likeness (QED) is 0.922. The molecule has 0 saturated carbocycles. The second-order valence-electron chi connectivity index (χ2n) is 4.49. The van der Waals surface area contributed by atoms with E-state index in [1.807, 2.05) is 37.3 Å². The van der Waals surface area contributed by atoms with Gasteiger partial charge in [-0.3, -0.25) is 9.78 Å². The van der Waals surface area contributed by atoms with Crippen LogP contribution in [0.1, 0.15) is 22.6 Å². The number of aryl methyl sites for hydroxylation is 1. The first-order chi connectivity index (χ1) is 9.72. The molecule has 0 saturated heterocycles. The molecule has 1 unspecified atom stereocenters. The van der Waals surface area contributed by atoms with Crippen LogP contribution in [0.4, 0.5) is 0 Å². The van der Waals surface area contributed by atoms with Crippen molar-refractivity contribution >= 4 is 5.91 Å². The average Bonchev–Trinajstić information content (AvgIpc) is 2.48. The fourth-order valence-electron chi connectivity index (χ4n) is 1.91. The summed E-state index contributed by atoms with van der Waals surface area (Å²) < 4.78 is 0. The van der Waals surface area contributed by atoms with Gasteiger partial charge in [-0.25, -0.2) is 0 Å². The number of nitriles is 1. The number of aromatic nitrogens is 1. The molecule has 0 bridgehead atoms. The number of hydrogen-bond acceptors (Lipinski definition) is 3. The Balaban J connectivity index is 2.05. The third kappa shape index (κ3) is 3.21. The highest BCUT2D eigenvalue weighted by Gasteiger charge is 2.19. The van der Waals surface area contributed by atoms with Crippen molar-refractivity contribution in [1.29, 1.82) is 5.26 Å². The zero-order valence-corrected chi connectivity index (χ0v) is 11.2. The summed E-state index contributed by atoms with van der Waals surface area (Å²) in [6, 6.07) is 13.0. The van der Waals surface area contributed by atoms with Crippen molar-refractivity contribution in [3.8, 4) is 6.07 Å². The van der Waals surface area contributed by atoms with E-state index in [9.17, 15) is 10.1 Å². The Morgan fingerprint density at radius 3 is 2.75 bits per heavy atom. The average molecular weight is 265 g/mol. The number of amides is 1. The number of rotatable bonds is 4. The smallest absolute Gasteiger partial charge is 0.242 e. The van der Waals surface area contributed by atoms with Gasteiger partial charge in [0.15, 0.2) is 0 Å². The van der Waals surface area contributed by atoms with Crippen LogP contribution in [0.2, 0.25) is 0 Å². The minimum absolute atomic E-state index is 0.282. The molecule has 1 amide bonds. The number of hydrogen-bond donors (Lipinski definition) is 1. The number of pyridine rings is 1. The van der Waals surface area contributed by atoms with Gasteiger partial charge in [-0.05, 0) is 29.7 Å². The molecule has 2 aromatic rings. The lowest BCUT2D eigenvalue weighted by Gasteiger charge is -2.11. The Morgan fingerprint density at radius 2 is 2.10 bits per heavy atom. The third-order valence-corrected chi connectivity index (χ3v) is 3.11. The van der Waals surface area contributed by atoms with Gasteiger partial charge in [0.05, 0.1) is 6.07 Å². The maximum Gasteiger partial charge on any atom is 0.242 e. The zero-order chi connectivity index (χ0) is 14.4. The van der Waals surface area contributed by atoms with E-state index in [0.29, 0.717) is 12.1 Å². The first-order valence-corrected chi connectivity index (χ1v) is 6.34.